The van der Waals surface area contributed by atoms with Crippen molar-refractivity contribution in [2.75, 3.05) is 0 Å². The largest absolute Gasteiger partial charge is 0.386 e. The van der Waals surface area contributed by atoms with Crippen LogP contribution in [0.4, 0.5) is 0 Å². The summed E-state index contributed by atoms with van der Waals surface area (Å²) in [4.78, 5) is 41.5. The summed E-state index contributed by atoms with van der Waals surface area (Å²) in [6.45, 7) is 4.96. The predicted molar refractivity (Wildman–Crippen MR) is 112 cm³/mol. The number of hydrogen-bond donors (Lipinski definition) is 2. The van der Waals surface area contributed by atoms with Crippen molar-refractivity contribution in [3.63, 3.8) is 0 Å². The third-order valence-electron chi connectivity index (χ3n) is 6.01. The minimum absolute atomic E-state index is 0.0420. The molecule has 29 heavy (non-hydrogen) atoms. The highest BCUT2D eigenvalue weighted by Crippen LogP contribution is 2.47. The van der Waals surface area contributed by atoms with Crippen LogP contribution in [-0.2, 0) is 11.8 Å². The van der Waals surface area contributed by atoms with Crippen LogP contribution in [0.2, 0.25) is 0 Å². The molecule has 1 aromatic rings. The van der Waals surface area contributed by atoms with Gasteiger partial charge in [0.2, 0.25) is 0 Å². The van der Waals surface area contributed by atoms with E-state index in [9.17, 15) is 19.5 Å². The Kier molecular flexibility index (Phi) is 4.15. The smallest absolute Gasteiger partial charge is 0.335 e. The molecule has 4 rings (SSSR count). The average molecular weight is 415 g/mol. The van der Waals surface area contributed by atoms with E-state index in [1.807, 2.05) is 6.08 Å². The molecule has 1 aliphatic carbocycles. The molecular formula is C19H21N5O4S. The molecule has 9 nitrogen and oxygen atoms in total. The molecule has 3 N–H and O–H groups in total. The summed E-state index contributed by atoms with van der Waals surface area (Å²) in [5, 5.41) is 11.2. The summed E-state index contributed by atoms with van der Waals surface area (Å²) in [5.41, 5.74) is 2.99. The van der Waals surface area contributed by atoms with Gasteiger partial charge in [-0.3, -0.25) is 9.59 Å². The van der Waals surface area contributed by atoms with E-state index in [1.165, 1.54) is 22.6 Å². The Hall–Kier alpha value is -2.72. The number of nitrogens with zero attached hydrogens (tertiary/aromatic N) is 4. The van der Waals surface area contributed by atoms with Crippen LogP contribution in [0.25, 0.3) is 5.70 Å². The molecule has 152 valence electrons. The Morgan fingerprint density at radius 1 is 1.28 bits per heavy atom. The van der Waals surface area contributed by atoms with Crippen molar-refractivity contribution in [2.45, 2.75) is 31.6 Å². The lowest BCUT2D eigenvalue weighted by molar-refractivity contribution is -0.133. The van der Waals surface area contributed by atoms with Gasteiger partial charge in [0, 0.05) is 24.7 Å². The molecule has 3 aliphatic rings. The van der Waals surface area contributed by atoms with Gasteiger partial charge in [0.25, 0.3) is 11.5 Å². The number of hydrogen-bond acceptors (Lipinski definition) is 7. The van der Waals surface area contributed by atoms with Crippen LogP contribution in [0, 0.1) is 18.3 Å². The molecule has 0 aromatic carbocycles. The van der Waals surface area contributed by atoms with E-state index in [4.69, 9.17) is 5.73 Å². The molecule has 0 bridgehead atoms. The van der Waals surface area contributed by atoms with Crippen molar-refractivity contribution >= 4 is 35.1 Å². The molecule has 0 radical (unpaired) electrons. The topological polar surface area (TPSA) is 132 Å². The monoisotopic (exact) mass is 415 g/mol. The third kappa shape index (κ3) is 2.48. The minimum atomic E-state index is -1.99. The number of allylic oxidation sites excluding steroid dienone is 3. The molecule has 2 aliphatic heterocycles. The van der Waals surface area contributed by atoms with E-state index >= 15 is 0 Å². The number of aliphatic imine (C=N–C) groups is 1. The lowest BCUT2D eigenvalue weighted by Gasteiger charge is -2.36. The fourth-order valence-corrected chi connectivity index (χ4v) is 4.78. The molecule has 0 spiro atoms. The van der Waals surface area contributed by atoms with E-state index in [0.717, 1.165) is 4.57 Å². The fraction of sp³-hybridized carbons (Fsp3) is 0.421. The van der Waals surface area contributed by atoms with Crippen LogP contribution in [0.1, 0.15) is 19.5 Å². The van der Waals surface area contributed by atoms with Crippen LogP contribution < -0.4 is 17.0 Å². The first kappa shape index (κ1) is 19.6. The van der Waals surface area contributed by atoms with Crippen LogP contribution in [0.15, 0.2) is 43.3 Å². The number of aromatic nitrogens is 2. The van der Waals surface area contributed by atoms with Crippen LogP contribution >= 0.6 is 11.9 Å². The van der Waals surface area contributed by atoms with Gasteiger partial charge in [-0.2, -0.15) is 4.99 Å². The van der Waals surface area contributed by atoms with Gasteiger partial charge in [0.15, 0.2) is 5.60 Å². The molecule has 0 saturated carbocycles. The van der Waals surface area contributed by atoms with E-state index in [2.05, 4.69) is 9.39 Å². The normalized spacial score (nSPS) is 30.1. The molecule has 3 heterocycles. The molecule has 0 saturated heterocycles. The highest BCUT2D eigenvalue weighted by Gasteiger charge is 2.63. The van der Waals surface area contributed by atoms with Gasteiger partial charge >= 0.3 is 5.69 Å². The number of nitrogens with two attached hydrogens (primary N) is 1. The zero-order valence-corrected chi connectivity index (χ0v) is 17.2. The van der Waals surface area contributed by atoms with Crippen molar-refractivity contribution < 1.29 is 9.90 Å². The standard InChI is InChI=1S/C19H21N5O4S/c1-9-7-13(25)24(17(27)23(9)4)10-5-6-12-11(8-10)14(22-29-12)19(28)16(26)21-15(20)18(19,2)3/h5-8,11-12,28H,1-4H3,(H2,20,21,26). The second-order valence-electron chi connectivity index (χ2n) is 7.96. The van der Waals surface area contributed by atoms with E-state index in [0.29, 0.717) is 11.4 Å². The predicted octanol–water partition coefficient (Wildman–Crippen LogP) is 0.00842. The van der Waals surface area contributed by atoms with Gasteiger partial charge in [-0.05, 0) is 44.9 Å². The van der Waals surface area contributed by atoms with Crippen molar-refractivity contribution in [3.8, 4) is 0 Å². The first-order valence-corrected chi connectivity index (χ1v) is 9.89. The lowest BCUT2D eigenvalue weighted by Crippen LogP contribution is -2.58. The zero-order chi connectivity index (χ0) is 21.3. The maximum atomic E-state index is 12.7. The Morgan fingerprint density at radius 2 is 1.97 bits per heavy atom. The van der Waals surface area contributed by atoms with E-state index < -0.39 is 34.1 Å². The van der Waals surface area contributed by atoms with Gasteiger partial charge in [-0.25, -0.2) is 13.8 Å². The van der Waals surface area contributed by atoms with Crippen LogP contribution in [-0.4, -0.2) is 42.5 Å². The van der Waals surface area contributed by atoms with Gasteiger partial charge in [-0.1, -0.05) is 6.08 Å². The van der Waals surface area contributed by atoms with Crippen LogP contribution in [0.3, 0.4) is 0 Å². The van der Waals surface area contributed by atoms with Crippen LogP contribution in [0.5, 0.6) is 0 Å². The average Bonchev–Trinajstić information content (AvgIpc) is 3.14. The molecule has 10 heteroatoms. The highest BCUT2D eigenvalue weighted by molar-refractivity contribution is 7.99. The summed E-state index contributed by atoms with van der Waals surface area (Å²) in [7, 11) is 1.59. The number of carbonyl (C=O) groups excluding carboxylic acids is 1. The van der Waals surface area contributed by atoms with Crippen molar-refractivity contribution in [1.82, 2.24) is 9.13 Å². The molecular weight excluding hydrogens is 394 g/mol. The van der Waals surface area contributed by atoms with E-state index in [1.54, 1.807) is 40.0 Å². The Labute approximate surface area is 170 Å². The first-order chi connectivity index (χ1) is 13.5. The number of aryl methyl sites for hydroxylation is 1. The van der Waals surface area contributed by atoms with Gasteiger partial charge < -0.3 is 15.4 Å². The van der Waals surface area contributed by atoms with Crippen molar-refractivity contribution in [1.29, 1.82) is 0 Å². The minimum Gasteiger partial charge on any atom is -0.386 e. The second-order valence-corrected chi connectivity index (χ2v) is 8.90. The first-order valence-electron chi connectivity index (χ1n) is 9.06. The highest BCUT2D eigenvalue weighted by atomic mass is 32.2. The van der Waals surface area contributed by atoms with Gasteiger partial charge in [0.05, 0.1) is 22.1 Å². The van der Waals surface area contributed by atoms with E-state index in [-0.39, 0.29) is 16.8 Å². The van der Waals surface area contributed by atoms with Gasteiger partial charge in [-0.15, -0.1) is 0 Å². The van der Waals surface area contributed by atoms with Crippen molar-refractivity contribution in [3.05, 3.63) is 50.8 Å². The molecule has 3 unspecified atom stereocenters. The molecule has 3 atom stereocenters. The van der Waals surface area contributed by atoms with Crippen molar-refractivity contribution in [2.24, 2.45) is 33.5 Å². The number of fused-ring (bicyclic) bond motifs is 1. The maximum Gasteiger partial charge on any atom is 0.335 e. The summed E-state index contributed by atoms with van der Waals surface area (Å²) in [5.74, 6) is -1.21. The molecule has 1 amide bonds. The summed E-state index contributed by atoms with van der Waals surface area (Å²) >= 11 is 1.22. The summed E-state index contributed by atoms with van der Waals surface area (Å²) < 4.78 is 6.83. The number of amides is 1. The Bertz CT molecular complexity index is 1190. The molecule has 1 aromatic heterocycles. The number of rotatable bonds is 2. The number of amidine groups is 1. The number of aliphatic hydroxyl groups is 1. The third-order valence-corrected chi connectivity index (χ3v) is 7.01. The SMILES string of the molecule is Cc1cc(=O)n(C2=CC3C(C4(O)C(=O)N=C(N)C4(C)C)=NSC3C=C2)c(=O)n1C. The fourth-order valence-electron chi connectivity index (χ4n) is 3.80. The zero-order valence-electron chi connectivity index (χ0n) is 16.4. The maximum absolute atomic E-state index is 12.7. The lowest BCUT2D eigenvalue weighted by atomic mass is 9.69. The quantitative estimate of drug-likeness (QED) is 0.654. The number of carbonyl (C=O) groups is 1. The molecule has 0 fully saturated rings. The van der Waals surface area contributed by atoms with Gasteiger partial charge in [0.1, 0.15) is 5.84 Å². The second kappa shape index (κ2) is 6.14. The summed E-state index contributed by atoms with van der Waals surface area (Å²) in [6, 6.07) is 1.38. The summed E-state index contributed by atoms with van der Waals surface area (Å²) in [6.07, 6.45) is 5.19. The Morgan fingerprint density at radius 3 is 2.59 bits per heavy atom. The Balaban J connectivity index is 1.83.